The van der Waals surface area contributed by atoms with Crippen LogP contribution in [0.15, 0.2) is 59.6 Å². The number of benzene rings is 2. The lowest BCUT2D eigenvalue weighted by Crippen LogP contribution is -2.42. The molecule has 30 heavy (non-hydrogen) atoms. The second-order valence-corrected chi connectivity index (χ2v) is 6.30. The van der Waals surface area contributed by atoms with Crippen LogP contribution < -0.4 is 15.4 Å². The predicted octanol–water partition coefficient (Wildman–Crippen LogP) is 3.53. The number of aliphatic imine (C=N–C) groups is 1. The molecule has 0 bridgehead atoms. The van der Waals surface area contributed by atoms with Gasteiger partial charge in [-0.15, -0.1) is 37.1 Å². The van der Waals surface area contributed by atoms with Gasteiger partial charge < -0.3 is 20.3 Å². The van der Waals surface area contributed by atoms with E-state index < -0.39 is 6.36 Å². The number of nitrogens with one attached hydrogen (secondary N) is 2. The van der Waals surface area contributed by atoms with Crippen molar-refractivity contribution >= 4 is 35.8 Å². The highest BCUT2D eigenvalue weighted by molar-refractivity contribution is 14.0. The molecule has 0 unspecified atom stereocenters. The topological polar surface area (TPSA) is 66.0 Å². The Balaban J connectivity index is 0.00000450. The highest BCUT2D eigenvalue weighted by Crippen LogP contribution is 2.26. The van der Waals surface area contributed by atoms with E-state index in [9.17, 15) is 18.0 Å². The molecule has 0 aliphatic rings. The van der Waals surface area contributed by atoms with E-state index in [1.807, 2.05) is 30.3 Å². The average molecular weight is 536 g/mol. The molecule has 0 atom stereocenters. The number of rotatable bonds is 7. The van der Waals surface area contributed by atoms with Crippen LogP contribution in [0.4, 0.5) is 13.2 Å². The third-order valence-corrected chi connectivity index (χ3v) is 3.81. The molecule has 0 aromatic heterocycles. The molecule has 0 saturated heterocycles. The van der Waals surface area contributed by atoms with Crippen LogP contribution >= 0.6 is 24.0 Å². The minimum absolute atomic E-state index is 0. The molecular weight excluding hydrogens is 512 g/mol. The fourth-order valence-electron chi connectivity index (χ4n) is 2.30. The van der Waals surface area contributed by atoms with Gasteiger partial charge in [-0.2, -0.15) is 0 Å². The summed E-state index contributed by atoms with van der Waals surface area (Å²) in [7, 11) is 3.26. The minimum Gasteiger partial charge on any atom is -0.405 e. The molecule has 0 heterocycles. The predicted molar refractivity (Wildman–Crippen MR) is 120 cm³/mol. The zero-order valence-corrected chi connectivity index (χ0v) is 18.9. The Bertz CT molecular complexity index is 830. The summed E-state index contributed by atoms with van der Waals surface area (Å²) in [6, 6.07) is 15.3. The lowest BCUT2D eigenvalue weighted by Gasteiger charge is -2.17. The first-order valence-electron chi connectivity index (χ1n) is 8.84. The van der Waals surface area contributed by atoms with Crippen LogP contribution in [0.1, 0.15) is 11.1 Å². The van der Waals surface area contributed by atoms with Gasteiger partial charge in [0.25, 0.3) is 0 Å². The third-order valence-electron chi connectivity index (χ3n) is 3.81. The first-order valence-corrected chi connectivity index (χ1v) is 8.84. The Kier molecular flexibility index (Phi) is 10.4. The van der Waals surface area contributed by atoms with E-state index in [0.717, 1.165) is 5.56 Å². The Morgan fingerprint density at radius 2 is 1.67 bits per heavy atom. The van der Waals surface area contributed by atoms with Crippen molar-refractivity contribution in [2.75, 3.05) is 20.6 Å². The van der Waals surface area contributed by atoms with Gasteiger partial charge in [0.15, 0.2) is 5.96 Å². The largest absolute Gasteiger partial charge is 0.573 e. The van der Waals surface area contributed by atoms with Crippen molar-refractivity contribution in [1.82, 2.24) is 15.5 Å². The number of ether oxygens (including phenoxy) is 1. The zero-order valence-electron chi connectivity index (χ0n) is 16.6. The lowest BCUT2D eigenvalue weighted by molar-refractivity contribution is -0.274. The maximum atomic E-state index is 12.6. The molecule has 0 saturated carbocycles. The quantitative estimate of drug-likeness (QED) is 0.323. The van der Waals surface area contributed by atoms with Crippen molar-refractivity contribution < 1.29 is 22.7 Å². The Morgan fingerprint density at radius 3 is 2.30 bits per heavy atom. The number of alkyl halides is 3. The molecule has 2 aromatic rings. The molecular formula is C20H24F3IN4O2. The normalized spacial score (nSPS) is 11.3. The molecule has 164 valence electrons. The molecule has 0 fully saturated rings. The van der Waals surface area contributed by atoms with Gasteiger partial charge in [0.05, 0.1) is 13.1 Å². The van der Waals surface area contributed by atoms with Crippen molar-refractivity contribution in [2.45, 2.75) is 19.5 Å². The van der Waals surface area contributed by atoms with Crippen LogP contribution in [-0.4, -0.2) is 43.8 Å². The van der Waals surface area contributed by atoms with E-state index in [2.05, 4.69) is 20.4 Å². The number of halogens is 4. The maximum Gasteiger partial charge on any atom is 0.573 e. The number of guanidine groups is 1. The fourth-order valence-corrected chi connectivity index (χ4v) is 2.30. The highest BCUT2D eigenvalue weighted by atomic mass is 127. The van der Waals surface area contributed by atoms with Crippen LogP contribution in [-0.2, 0) is 17.9 Å². The number of likely N-dealkylation sites (N-methyl/N-ethyl adjacent to an activating group) is 1. The second-order valence-electron chi connectivity index (χ2n) is 6.30. The summed E-state index contributed by atoms with van der Waals surface area (Å²) in [5.41, 5.74) is 1.26. The highest BCUT2D eigenvalue weighted by Gasteiger charge is 2.31. The monoisotopic (exact) mass is 536 g/mol. The molecule has 10 heteroatoms. The van der Waals surface area contributed by atoms with Crippen molar-refractivity contribution in [2.24, 2.45) is 4.99 Å². The second kappa shape index (κ2) is 12.3. The first-order chi connectivity index (χ1) is 13.7. The van der Waals surface area contributed by atoms with Gasteiger partial charge in [-0.25, -0.2) is 4.99 Å². The van der Waals surface area contributed by atoms with E-state index >= 15 is 0 Å². The Hall–Kier alpha value is -2.50. The molecule has 0 radical (unpaired) electrons. The van der Waals surface area contributed by atoms with Gasteiger partial charge in [0, 0.05) is 26.2 Å². The fraction of sp³-hybridized carbons (Fsp3) is 0.300. The summed E-state index contributed by atoms with van der Waals surface area (Å²) in [5.74, 6) is -0.162. The van der Waals surface area contributed by atoms with Crippen LogP contribution in [0.2, 0.25) is 0 Å². The zero-order chi connectivity index (χ0) is 21.3. The summed E-state index contributed by atoms with van der Waals surface area (Å²) < 4.78 is 41.8. The Morgan fingerprint density at radius 1 is 1.03 bits per heavy atom. The number of nitrogens with zero attached hydrogens (tertiary/aromatic N) is 2. The van der Waals surface area contributed by atoms with E-state index in [1.54, 1.807) is 20.2 Å². The summed E-state index contributed by atoms with van der Waals surface area (Å²) >= 11 is 0. The summed E-state index contributed by atoms with van der Waals surface area (Å²) in [4.78, 5) is 17.7. The van der Waals surface area contributed by atoms with Crippen molar-refractivity contribution in [1.29, 1.82) is 0 Å². The van der Waals surface area contributed by atoms with Crippen molar-refractivity contribution in [3.63, 3.8) is 0 Å². The van der Waals surface area contributed by atoms with Crippen molar-refractivity contribution in [3.05, 3.63) is 65.7 Å². The first kappa shape index (κ1) is 25.5. The standard InChI is InChI=1S/C20H23F3N4O2.HI/c1-27(2)18(28)14-26-19(24-12-15-8-4-3-5-9-15)25-13-16-10-6-7-11-17(16)29-20(21,22)23;/h3-11H,12-14H2,1-2H3,(H2,24,25,26);1H. The van der Waals surface area contributed by atoms with Gasteiger partial charge in [-0.05, 0) is 11.6 Å². The van der Waals surface area contributed by atoms with Gasteiger partial charge in [-0.3, -0.25) is 4.79 Å². The van der Waals surface area contributed by atoms with E-state index in [1.165, 1.54) is 23.1 Å². The van der Waals surface area contributed by atoms with Crippen LogP contribution in [0, 0.1) is 0 Å². The van der Waals surface area contributed by atoms with Crippen LogP contribution in [0.25, 0.3) is 0 Å². The maximum absolute atomic E-state index is 12.6. The summed E-state index contributed by atoms with van der Waals surface area (Å²) in [6.45, 7) is 0.365. The van der Waals surface area contributed by atoms with Crippen molar-refractivity contribution in [3.8, 4) is 5.75 Å². The average Bonchev–Trinajstić information content (AvgIpc) is 2.67. The number of hydrogen-bond acceptors (Lipinski definition) is 3. The van der Waals surface area contributed by atoms with E-state index in [0.29, 0.717) is 18.1 Å². The van der Waals surface area contributed by atoms with Gasteiger partial charge >= 0.3 is 6.36 Å². The number of carbonyl (C=O) groups is 1. The molecule has 2 N–H and O–H groups in total. The molecule has 2 rings (SSSR count). The summed E-state index contributed by atoms with van der Waals surface area (Å²) in [6.07, 6.45) is -4.78. The Labute approximate surface area is 190 Å². The minimum atomic E-state index is -4.78. The molecule has 2 aromatic carbocycles. The third kappa shape index (κ3) is 9.33. The van der Waals surface area contributed by atoms with Crippen LogP contribution in [0.3, 0.4) is 0 Å². The van der Waals surface area contributed by atoms with Crippen LogP contribution in [0.5, 0.6) is 5.75 Å². The number of hydrogen-bond donors (Lipinski definition) is 2. The molecule has 1 amide bonds. The molecule has 6 nitrogen and oxygen atoms in total. The number of para-hydroxylation sites is 1. The SMILES string of the molecule is CN(C)C(=O)CNC(=NCc1ccccc1)NCc1ccccc1OC(F)(F)F.I. The van der Waals surface area contributed by atoms with Gasteiger partial charge in [0.2, 0.25) is 5.91 Å². The smallest absolute Gasteiger partial charge is 0.405 e. The summed E-state index contributed by atoms with van der Waals surface area (Å²) in [5, 5.41) is 5.84. The number of amides is 1. The van der Waals surface area contributed by atoms with E-state index in [-0.39, 0.29) is 48.7 Å². The molecule has 0 aliphatic heterocycles. The molecule has 0 aliphatic carbocycles. The van der Waals surface area contributed by atoms with E-state index in [4.69, 9.17) is 0 Å². The van der Waals surface area contributed by atoms with Gasteiger partial charge in [-0.1, -0.05) is 48.5 Å². The number of carbonyl (C=O) groups excluding carboxylic acids is 1. The molecule has 0 spiro atoms. The van der Waals surface area contributed by atoms with Gasteiger partial charge in [0.1, 0.15) is 5.75 Å². The lowest BCUT2D eigenvalue weighted by atomic mass is 10.2.